The third-order valence-electron chi connectivity index (χ3n) is 19.6. The van der Waals surface area contributed by atoms with Gasteiger partial charge in [-0.05, 0) is 145 Å². The summed E-state index contributed by atoms with van der Waals surface area (Å²) < 4.78 is 5.23. The number of rotatable bonds is 45. The summed E-state index contributed by atoms with van der Waals surface area (Å²) in [6.07, 6.45) is 14.4. The van der Waals surface area contributed by atoms with Crippen LogP contribution in [-0.4, -0.2) is 185 Å². The Morgan fingerprint density at radius 1 is 0.414 bits per heavy atom. The van der Waals surface area contributed by atoms with Gasteiger partial charge in [0.05, 0.1) is 73.4 Å². The van der Waals surface area contributed by atoms with E-state index < -0.39 is 71.9 Å². The van der Waals surface area contributed by atoms with Crippen molar-refractivity contribution in [1.29, 1.82) is 16.2 Å². The van der Waals surface area contributed by atoms with Gasteiger partial charge in [0.15, 0.2) is 17.9 Å². The zero-order valence-electron chi connectivity index (χ0n) is 62.3. The van der Waals surface area contributed by atoms with E-state index in [0.717, 1.165) is 82.8 Å². The zero-order chi connectivity index (χ0) is 79.1. The van der Waals surface area contributed by atoms with Gasteiger partial charge in [0, 0.05) is 90.6 Å². The van der Waals surface area contributed by atoms with E-state index in [0.29, 0.717) is 55.6 Å². The smallest absolute Gasteiger partial charge is 0.326 e. The molecule has 6 aromatic heterocycles. The topological polar surface area (TPSA) is 560 Å². The molecule has 10 aromatic rings. The van der Waals surface area contributed by atoms with E-state index >= 15 is 0 Å². The van der Waals surface area contributed by atoms with Gasteiger partial charge >= 0.3 is 17.9 Å². The highest BCUT2D eigenvalue weighted by molar-refractivity contribution is 5.91. The largest absolute Gasteiger partial charge is 0.480 e. The first-order valence-electron chi connectivity index (χ1n) is 37.1. The van der Waals surface area contributed by atoms with Crippen molar-refractivity contribution in [2.24, 2.45) is 17.2 Å². The first-order valence-corrected chi connectivity index (χ1v) is 37.1. The van der Waals surface area contributed by atoms with Crippen LogP contribution in [0.4, 0.5) is 0 Å². The lowest BCUT2D eigenvalue weighted by atomic mass is 9.83. The van der Waals surface area contributed by atoms with Crippen molar-refractivity contribution in [2.45, 2.75) is 173 Å². The number of benzene rings is 4. The molecular weight excluding hydrogens is 1420 g/mol. The summed E-state index contributed by atoms with van der Waals surface area (Å²) in [6, 6.07) is 16.6. The Labute approximate surface area is 638 Å². The van der Waals surface area contributed by atoms with Gasteiger partial charge < -0.3 is 79.4 Å². The monoisotopic (exact) mass is 1520 g/mol. The van der Waals surface area contributed by atoms with Crippen LogP contribution in [0, 0.1) is 16.2 Å². The molecule has 0 saturated heterocycles. The first-order chi connectivity index (χ1) is 53.6. The first kappa shape index (κ1) is 81.0. The lowest BCUT2D eigenvalue weighted by Crippen LogP contribution is -2.51. The van der Waals surface area contributed by atoms with Crippen molar-refractivity contribution in [3.8, 4) is 0 Å². The number of nitrogens with one attached hydrogen (secondary N) is 15. The van der Waals surface area contributed by atoms with Crippen LogP contribution in [0.5, 0.6) is 0 Å². The van der Waals surface area contributed by atoms with Crippen molar-refractivity contribution in [3.63, 3.8) is 0 Å². The molecule has 4 aromatic carbocycles. The molecule has 0 unspecified atom stereocenters. The molecule has 3 amide bonds. The molecule has 111 heavy (non-hydrogen) atoms. The molecule has 24 N–H and O–H groups in total. The standard InChI is InChI=1S/C75H99N27O9/c1-4-49-55(40-100-37-46(94-97-100)34-88-64(28-43-31-85-58-19-10-7-16-52(43)58)67(103)91-61(70(106)107)22-13-25-82-73(76)77)50(5-2)57(42-102-39-48(96-99-102)36-90-66(30-45-33-87-60-21-12-9-18-54(45)60)69(105)93-63(72(110)111)24-15-27-84-75(80)81)51(6-3)56(49)41-101-38-47(95-98-101)35-89-65(29-44-32-86-59-20-11-8-17-53(44)59)68(104)92-62(71(108)109)23-14-26-83-74(78)79/h7-12,16-21,31-33,37-39,61-66,85-90H,4-6,13-15,22-30,34-36,40-42H2,1-3H3,(H,91,103)(H,92,104)(H,93,105)(H,106,107)(H,108,109)(H,110,111)(H4,76,77,82)(H4,78,79,83)(H4,80,81,84)/t61-,62-,63-,64-,65-,66-/m0/s1. The predicted molar refractivity (Wildman–Crippen MR) is 416 cm³/mol. The molecular formula is C75H99N27O9. The number of aromatic nitrogens is 12. The van der Waals surface area contributed by atoms with E-state index in [1.54, 1.807) is 32.6 Å². The molecule has 588 valence electrons. The fraction of sp³-hybridized carbons (Fsp3) is 0.400. The number of carbonyl (C=O) groups excluding carboxylic acids is 3. The minimum atomic E-state index is -1.23. The molecule has 0 radical (unpaired) electrons. The lowest BCUT2D eigenvalue weighted by Gasteiger charge is -2.26. The van der Waals surface area contributed by atoms with Crippen molar-refractivity contribution in [2.75, 3.05) is 19.6 Å². The molecule has 0 bridgehead atoms. The second-order valence-electron chi connectivity index (χ2n) is 27.3. The van der Waals surface area contributed by atoms with Crippen molar-refractivity contribution < 1.29 is 44.1 Å². The maximum Gasteiger partial charge on any atom is 0.326 e. The minimum absolute atomic E-state index is 0.0665. The maximum absolute atomic E-state index is 14.3. The fourth-order valence-corrected chi connectivity index (χ4v) is 14.1. The normalized spacial score (nSPS) is 13.1. The Bertz CT molecular complexity index is 4400. The van der Waals surface area contributed by atoms with Gasteiger partial charge in [0.25, 0.3) is 0 Å². The van der Waals surface area contributed by atoms with Gasteiger partial charge in [-0.3, -0.25) is 46.6 Å². The van der Waals surface area contributed by atoms with Gasteiger partial charge in [-0.1, -0.05) is 91.0 Å². The summed E-state index contributed by atoms with van der Waals surface area (Å²) in [4.78, 5) is 90.5. The van der Waals surface area contributed by atoms with Gasteiger partial charge in [0.1, 0.15) is 18.1 Å². The van der Waals surface area contributed by atoms with Crippen molar-refractivity contribution in [3.05, 3.63) is 177 Å². The van der Waals surface area contributed by atoms with Crippen LogP contribution in [-0.2, 0) is 107 Å². The number of H-pyrrole nitrogens is 3. The Morgan fingerprint density at radius 3 is 0.937 bits per heavy atom. The summed E-state index contributed by atoms with van der Waals surface area (Å²) in [6.45, 7) is 7.92. The molecule has 6 heterocycles. The predicted octanol–water partition coefficient (Wildman–Crippen LogP) is 2.34. The molecule has 10 rings (SSSR count). The molecule has 0 spiro atoms. The highest BCUT2D eigenvalue weighted by atomic mass is 16.4. The van der Waals surface area contributed by atoms with Gasteiger partial charge in [0.2, 0.25) is 17.7 Å². The molecule has 6 atom stereocenters. The molecule has 0 aliphatic carbocycles. The highest BCUT2D eigenvalue weighted by Gasteiger charge is 2.32. The van der Waals surface area contributed by atoms with Crippen LogP contribution in [0.2, 0.25) is 0 Å². The number of hydrogen-bond donors (Lipinski definition) is 21. The summed E-state index contributed by atoms with van der Waals surface area (Å²) >= 11 is 0. The number of nitrogens with zero attached hydrogens (tertiary/aromatic N) is 9. The third-order valence-corrected chi connectivity index (χ3v) is 19.6. The number of carboxylic acid groups (broad SMARTS) is 3. The molecule has 0 aliphatic rings. The average Bonchev–Trinajstić information content (AvgIpc) is 1.70. The molecule has 0 fully saturated rings. The van der Waals surface area contributed by atoms with E-state index in [1.807, 2.05) is 91.4 Å². The summed E-state index contributed by atoms with van der Waals surface area (Å²) in [7, 11) is 0. The Hall–Kier alpha value is -12.6. The summed E-state index contributed by atoms with van der Waals surface area (Å²) in [5, 5.41) is 110. The number of hydrogen-bond acceptors (Lipinski definition) is 18. The van der Waals surface area contributed by atoms with Crippen LogP contribution in [0.15, 0.2) is 110 Å². The van der Waals surface area contributed by atoms with E-state index in [-0.39, 0.29) is 115 Å². The fourth-order valence-electron chi connectivity index (χ4n) is 14.1. The van der Waals surface area contributed by atoms with E-state index in [4.69, 9.17) is 33.4 Å². The number of aromatic amines is 3. The summed E-state index contributed by atoms with van der Waals surface area (Å²) in [5.74, 6) is -6.00. The van der Waals surface area contributed by atoms with E-state index in [2.05, 4.69) is 115 Å². The second-order valence-corrected chi connectivity index (χ2v) is 27.3. The number of aliphatic carboxylic acids is 3. The SMILES string of the molecule is CCc1c(Cn2cc(CN[C@@H](Cc3c[nH]c4ccccc34)C(=O)N[C@@H](CCCNC(=N)N)C(=O)O)nn2)c(CC)c(Cn2cc(CN[C@@H](Cc3c[nH]c4ccccc34)C(=O)N[C@@H](CCCNC(=N)N)C(=O)O)nn2)c(CC)c1Cn1cc(CN[C@@H](Cc2c[nH]c3ccccc23)C(=O)N[C@@H](CCCNC(=N)N)C(=O)O)nn1. The highest BCUT2D eigenvalue weighted by Crippen LogP contribution is 2.33. The Morgan fingerprint density at radius 2 is 0.685 bits per heavy atom. The second kappa shape index (κ2) is 39.0. The quantitative estimate of drug-likeness (QED) is 0.0148. The molecule has 0 saturated carbocycles. The third kappa shape index (κ3) is 22.1. The number of fused-ring (bicyclic) bond motifs is 3. The minimum Gasteiger partial charge on any atom is -0.480 e. The Balaban J connectivity index is 0.949. The van der Waals surface area contributed by atoms with Crippen LogP contribution < -0.4 is 65.1 Å². The number of carboxylic acids is 3. The van der Waals surface area contributed by atoms with E-state index in [1.165, 1.54) is 0 Å². The number of carbonyl (C=O) groups is 6. The van der Waals surface area contributed by atoms with E-state index in [9.17, 15) is 44.1 Å². The molecule has 36 heteroatoms. The summed E-state index contributed by atoms with van der Waals surface area (Å²) in [5.41, 5.74) is 28.9. The number of amides is 3. The van der Waals surface area contributed by atoms with Crippen LogP contribution in [0.25, 0.3) is 32.7 Å². The Kier molecular flexibility index (Phi) is 28.4. The average molecular weight is 1520 g/mol. The lowest BCUT2D eigenvalue weighted by molar-refractivity contribution is -0.142. The van der Waals surface area contributed by atoms with Crippen LogP contribution in [0.3, 0.4) is 0 Å². The number of para-hydroxylation sites is 3. The molecule has 36 nitrogen and oxygen atoms in total. The van der Waals surface area contributed by atoms with Crippen LogP contribution in [0.1, 0.15) is 126 Å². The van der Waals surface area contributed by atoms with Crippen molar-refractivity contribution >= 4 is 86.2 Å². The molecule has 0 aliphatic heterocycles. The van der Waals surface area contributed by atoms with Crippen LogP contribution >= 0.6 is 0 Å². The van der Waals surface area contributed by atoms with Crippen molar-refractivity contribution in [1.82, 2.24) is 108 Å². The zero-order valence-corrected chi connectivity index (χ0v) is 62.3. The van der Waals surface area contributed by atoms with Gasteiger partial charge in [-0.2, -0.15) is 0 Å². The van der Waals surface area contributed by atoms with Gasteiger partial charge in [-0.15, -0.1) is 15.3 Å². The van der Waals surface area contributed by atoms with Gasteiger partial charge in [-0.25, -0.2) is 28.4 Å². The number of guanidine groups is 3. The number of nitrogens with two attached hydrogens (primary N) is 3. The maximum atomic E-state index is 14.3.